The third kappa shape index (κ3) is 4.47. The second kappa shape index (κ2) is 6.91. The molecule has 2 rings (SSSR count). The number of carbonyl (C=O) groups excluding carboxylic acids is 1. The maximum Gasteiger partial charge on any atom is 0.263 e. The van der Waals surface area contributed by atoms with Crippen LogP contribution in [-0.4, -0.2) is 35.5 Å². The first-order valence-corrected chi connectivity index (χ1v) is 8.51. The van der Waals surface area contributed by atoms with Crippen LogP contribution in [-0.2, 0) is 10.2 Å². The summed E-state index contributed by atoms with van der Waals surface area (Å²) in [5, 5.41) is 0. The fourth-order valence-electron chi connectivity index (χ4n) is 3.06. The van der Waals surface area contributed by atoms with Crippen molar-refractivity contribution in [2.45, 2.75) is 71.1 Å². The van der Waals surface area contributed by atoms with Crippen molar-refractivity contribution in [3.05, 3.63) is 29.8 Å². The molecule has 4 nitrogen and oxygen atoms in total. The van der Waals surface area contributed by atoms with Gasteiger partial charge >= 0.3 is 0 Å². The van der Waals surface area contributed by atoms with Crippen molar-refractivity contribution in [3.63, 3.8) is 0 Å². The average molecular weight is 318 g/mol. The van der Waals surface area contributed by atoms with Gasteiger partial charge in [0.05, 0.1) is 0 Å². The molecule has 1 aromatic carbocycles. The lowest BCUT2D eigenvalue weighted by molar-refractivity contribution is -0.141. The van der Waals surface area contributed by atoms with Crippen LogP contribution in [0.3, 0.4) is 0 Å². The molecule has 4 heteroatoms. The minimum Gasteiger partial charge on any atom is -0.481 e. The van der Waals surface area contributed by atoms with Crippen LogP contribution in [0.4, 0.5) is 0 Å². The van der Waals surface area contributed by atoms with Gasteiger partial charge in [0.15, 0.2) is 6.10 Å². The molecule has 1 fully saturated rings. The Morgan fingerprint density at radius 1 is 1.39 bits per heavy atom. The Morgan fingerprint density at radius 2 is 2.09 bits per heavy atom. The molecular weight excluding hydrogens is 288 g/mol. The number of carbonyl (C=O) groups is 1. The number of likely N-dealkylation sites (tertiary alicyclic amines) is 1. The maximum atomic E-state index is 12.7. The highest BCUT2D eigenvalue weighted by Crippen LogP contribution is 2.26. The normalized spacial score (nSPS) is 23.5. The van der Waals surface area contributed by atoms with E-state index in [-0.39, 0.29) is 23.4 Å². The Hall–Kier alpha value is -1.55. The van der Waals surface area contributed by atoms with Crippen LogP contribution in [0.15, 0.2) is 24.3 Å². The Morgan fingerprint density at radius 3 is 2.70 bits per heavy atom. The molecule has 0 spiro atoms. The van der Waals surface area contributed by atoms with Gasteiger partial charge in [0, 0.05) is 18.6 Å². The molecule has 0 aromatic heterocycles. The predicted octanol–water partition coefficient (Wildman–Crippen LogP) is 3.09. The van der Waals surface area contributed by atoms with Crippen molar-refractivity contribution < 1.29 is 9.53 Å². The molecule has 0 bridgehead atoms. The number of benzene rings is 1. The zero-order chi connectivity index (χ0) is 17.2. The second-order valence-electron chi connectivity index (χ2n) is 7.70. The third-order valence-electron chi connectivity index (χ3n) is 4.56. The van der Waals surface area contributed by atoms with E-state index >= 15 is 0 Å². The predicted molar refractivity (Wildman–Crippen MR) is 93.6 cm³/mol. The van der Waals surface area contributed by atoms with E-state index in [1.165, 1.54) is 5.56 Å². The fraction of sp³-hybridized carbons (Fsp3) is 0.632. The Balaban J connectivity index is 2.04. The number of nitrogens with two attached hydrogens (primary N) is 1. The summed E-state index contributed by atoms with van der Waals surface area (Å²) in [6, 6.07) is 8.39. The van der Waals surface area contributed by atoms with E-state index in [2.05, 4.69) is 33.8 Å². The van der Waals surface area contributed by atoms with Crippen molar-refractivity contribution in [1.29, 1.82) is 0 Å². The van der Waals surface area contributed by atoms with Crippen LogP contribution in [0.2, 0.25) is 0 Å². The van der Waals surface area contributed by atoms with Crippen molar-refractivity contribution >= 4 is 5.91 Å². The molecule has 2 N–H and O–H groups in total. The summed E-state index contributed by atoms with van der Waals surface area (Å²) in [4.78, 5) is 14.6. The van der Waals surface area contributed by atoms with Gasteiger partial charge in [-0.1, -0.05) is 32.9 Å². The molecule has 23 heavy (non-hydrogen) atoms. The smallest absolute Gasteiger partial charge is 0.263 e. The van der Waals surface area contributed by atoms with Crippen molar-refractivity contribution in [1.82, 2.24) is 4.90 Å². The lowest BCUT2D eigenvalue weighted by Crippen LogP contribution is -2.51. The highest BCUT2D eigenvalue weighted by atomic mass is 16.5. The molecule has 128 valence electrons. The zero-order valence-corrected chi connectivity index (χ0v) is 15.0. The summed E-state index contributed by atoms with van der Waals surface area (Å²) >= 11 is 0. The largest absolute Gasteiger partial charge is 0.481 e. The van der Waals surface area contributed by atoms with Crippen LogP contribution >= 0.6 is 0 Å². The third-order valence-corrected chi connectivity index (χ3v) is 4.56. The molecule has 1 aliphatic rings. The highest BCUT2D eigenvalue weighted by molar-refractivity contribution is 5.81. The van der Waals surface area contributed by atoms with Gasteiger partial charge < -0.3 is 15.4 Å². The van der Waals surface area contributed by atoms with Crippen LogP contribution in [0, 0.1) is 0 Å². The number of hydrogen-bond donors (Lipinski definition) is 1. The molecule has 1 amide bonds. The number of hydrogen-bond acceptors (Lipinski definition) is 3. The molecule has 3 atom stereocenters. The summed E-state index contributed by atoms with van der Waals surface area (Å²) in [6.07, 6.45) is 1.24. The van der Waals surface area contributed by atoms with Gasteiger partial charge in [0.1, 0.15) is 5.75 Å². The van der Waals surface area contributed by atoms with Crippen LogP contribution < -0.4 is 10.5 Å². The van der Waals surface area contributed by atoms with Gasteiger partial charge in [0.25, 0.3) is 5.91 Å². The molecule has 0 aliphatic carbocycles. The Labute approximate surface area is 140 Å². The molecule has 0 saturated carbocycles. The van der Waals surface area contributed by atoms with E-state index in [0.29, 0.717) is 0 Å². The number of ether oxygens (including phenoxy) is 1. The first kappa shape index (κ1) is 17.8. The number of nitrogens with zero attached hydrogens (tertiary/aromatic N) is 1. The molecule has 0 radical (unpaired) electrons. The van der Waals surface area contributed by atoms with Crippen molar-refractivity contribution in [2.24, 2.45) is 5.73 Å². The quantitative estimate of drug-likeness (QED) is 0.932. The Kier molecular flexibility index (Phi) is 5.35. The van der Waals surface area contributed by atoms with Crippen LogP contribution in [0.25, 0.3) is 0 Å². The molecular formula is C19H30N2O2. The number of rotatable bonds is 3. The fourth-order valence-corrected chi connectivity index (χ4v) is 3.06. The van der Waals surface area contributed by atoms with Gasteiger partial charge in [-0.3, -0.25) is 4.79 Å². The topological polar surface area (TPSA) is 55.6 Å². The lowest BCUT2D eigenvalue weighted by Gasteiger charge is -2.37. The van der Waals surface area contributed by atoms with Gasteiger partial charge in [0.2, 0.25) is 0 Å². The summed E-state index contributed by atoms with van der Waals surface area (Å²) < 4.78 is 5.92. The van der Waals surface area contributed by atoms with E-state index in [1.54, 1.807) is 0 Å². The lowest BCUT2D eigenvalue weighted by atomic mass is 9.87. The van der Waals surface area contributed by atoms with Gasteiger partial charge in [-0.05, 0) is 49.8 Å². The minimum atomic E-state index is -0.484. The van der Waals surface area contributed by atoms with Gasteiger partial charge in [-0.25, -0.2) is 0 Å². The molecule has 1 heterocycles. The SMILES string of the molecule is C[C@H](Oc1cccc(C(C)(C)C)c1)C(=O)N1CC[C@H](N)C[C@@H]1C. The maximum absolute atomic E-state index is 12.7. The van der Waals surface area contributed by atoms with Crippen molar-refractivity contribution in [2.75, 3.05) is 6.54 Å². The standard InChI is InChI=1S/C19H30N2O2/c1-13-11-16(20)9-10-21(13)18(22)14(2)23-17-8-6-7-15(12-17)19(3,4)5/h6-8,12-14,16H,9-11,20H2,1-5H3/t13-,14-,16-/m0/s1. The summed E-state index contributed by atoms with van der Waals surface area (Å²) in [6.45, 7) is 11.1. The second-order valence-corrected chi connectivity index (χ2v) is 7.70. The zero-order valence-electron chi connectivity index (χ0n) is 15.0. The summed E-state index contributed by atoms with van der Waals surface area (Å²) in [5.74, 6) is 0.796. The number of piperidine rings is 1. The monoisotopic (exact) mass is 318 g/mol. The summed E-state index contributed by atoms with van der Waals surface area (Å²) in [7, 11) is 0. The van der Waals surface area contributed by atoms with Crippen LogP contribution in [0.5, 0.6) is 5.75 Å². The minimum absolute atomic E-state index is 0.0468. The highest BCUT2D eigenvalue weighted by Gasteiger charge is 2.30. The van der Waals surface area contributed by atoms with E-state index in [9.17, 15) is 4.79 Å². The average Bonchev–Trinajstić information content (AvgIpc) is 2.46. The Bertz CT molecular complexity index is 551. The van der Waals surface area contributed by atoms with Crippen LogP contribution in [0.1, 0.15) is 53.0 Å². The van der Waals surface area contributed by atoms with Gasteiger partial charge in [-0.2, -0.15) is 0 Å². The van der Waals surface area contributed by atoms with E-state index in [4.69, 9.17) is 10.5 Å². The van der Waals surface area contributed by atoms with Crippen molar-refractivity contribution in [3.8, 4) is 5.75 Å². The number of amides is 1. The summed E-state index contributed by atoms with van der Waals surface area (Å²) in [5.41, 5.74) is 7.24. The van der Waals surface area contributed by atoms with E-state index in [1.807, 2.05) is 30.0 Å². The molecule has 1 aliphatic heterocycles. The van der Waals surface area contributed by atoms with Gasteiger partial charge in [-0.15, -0.1) is 0 Å². The van der Waals surface area contributed by atoms with E-state index in [0.717, 1.165) is 25.1 Å². The molecule has 1 saturated heterocycles. The molecule has 0 unspecified atom stereocenters. The first-order valence-electron chi connectivity index (χ1n) is 8.51. The van der Waals surface area contributed by atoms with E-state index < -0.39 is 6.10 Å². The first-order chi connectivity index (χ1) is 10.7. The molecule has 1 aromatic rings.